The zero-order chi connectivity index (χ0) is 20.5. The van der Waals surface area contributed by atoms with Gasteiger partial charge in [0.1, 0.15) is 11.8 Å². The van der Waals surface area contributed by atoms with Crippen molar-refractivity contribution in [3.05, 3.63) is 48.5 Å². The van der Waals surface area contributed by atoms with Crippen molar-refractivity contribution in [2.75, 3.05) is 19.4 Å². The van der Waals surface area contributed by atoms with E-state index in [2.05, 4.69) is 0 Å². The number of rotatable bonds is 5. The Morgan fingerprint density at radius 2 is 1.86 bits per heavy atom. The number of sulfonamides is 1. The highest BCUT2D eigenvalue weighted by atomic mass is 32.2. The average molecular weight is 422 g/mol. The molecule has 150 valence electrons. The Morgan fingerprint density at radius 3 is 2.46 bits per heavy atom. The molecular weight excluding hydrogens is 398 g/mol. The highest BCUT2D eigenvalue weighted by molar-refractivity contribution is 8.00. The van der Waals surface area contributed by atoms with Gasteiger partial charge in [0, 0.05) is 17.0 Å². The van der Waals surface area contributed by atoms with E-state index >= 15 is 0 Å². The maximum absolute atomic E-state index is 13.2. The third kappa shape index (κ3) is 3.90. The summed E-state index contributed by atoms with van der Waals surface area (Å²) in [6.07, 6.45) is 0. The normalized spacial score (nSPS) is 19.9. The van der Waals surface area contributed by atoms with Crippen LogP contribution in [-0.4, -0.2) is 54.0 Å². The SMILES string of the molecule is COc1cccc(-c2ccc(S(=O)(=O)N3CCSC(C)(C)C3C(=O)O)cc2)c1. The minimum atomic E-state index is -3.92. The molecule has 1 N–H and O–H groups in total. The minimum absolute atomic E-state index is 0.0908. The standard InChI is InChI=1S/C20H23NO5S2/c1-20(2)18(19(22)23)21(11-12-27-20)28(24,25)17-9-7-14(8-10-17)15-5-4-6-16(13-15)26-3/h4-10,13,18H,11-12H2,1-3H3,(H,22,23). The van der Waals surface area contributed by atoms with Crippen LogP contribution >= 0.6 is 11.8 Å². The van der Waals surface area contributed by atoms with Gasteiger partial charge in [0.15, 0.2) is 0 Å². The van der Waals surface area contributed by atoms with Crippen LogP contribution in [0.1, 0.15) is 13.8 Å². The molecule has 1 heterocycles. The lowest BCUT2D eigenvalue weighted by Gasteiger charge is -2.42. The predicted molar refractivity (Wildman–Crippen MR) is 110 cm³/mol. The van der Waals surface area contributed by atoms with Crippen LogP contribution in [0.4, 0.5) is 0 Å². The molecular formula is C20H23NO5S2. The van der Waals surface area contributed by atoms with Crippen molar-refractivity contribution in [2.45, 2.75) is 29.5 Å². The molecule has 0 saturated carbocycles. The summed E-state index contributed by atoms with van der Waals surface area (Å²) in [4.78, 5) is 11.9. The Kier molecular flexibility index (Phi) is 5.74. The molecule has 8 heteroatoms. The molecule has 1 atom stereocenters. The van der Waals surface area contributed by atoms with Crippen molar-refractivity contribution < 1.29 is 23.1 Å². The zero-order valence-corrected chi connectivity index (χ0v) is 17.6. The Bertz CT molecular complexity index is 970. The van der Waals surface area contributed by atoms with E-state index in [1.165, 1.54) is 23.9 Å². The van der Waals surface area contributed by atoms with E-state index in [0.717, 1.165) is 15.4 Å². The lowest BCUT2D eigenvalue weighted by atomic mass is 10.0. The fraction of sp³-hybridized carbons (Fsp3) is 0.350. The molecule has 1 unspecified atom stereocenters. The first-order valence-electron chi connectivity index (χ1n) is 8.80. The number of aliphatic carboxylic acids is 1. The van der Waals surface area contributed by atoms with Crippen LogP contribution < -0.4 is 4.74 Å². The molecule has 1 fully saturated rings. The van der Waals surface area contributed by atoms with Crippen molar-refractivity contribution in [3.8, 4) is 16.9 Å². The molecule has 1 saturated heterocycles. The first-order valence-corrected chi connectivity index (χ1v) is 11.2. The van der Waals surface area contributed by atoms with Crippen LogP contribution in [0.5, 0.6) is 5.75 Å². The Balaban J connectivity index is 1.94. The van der Waals surface area contributed by atoms with Crippen molar-refractivity contribution in [1.29, 1.82) is 0 Å². The van der Waals surface area contributed by atoms with E-state index in [4.69, 9.17) is 4.74 Å². The molecule has 0 aliphatic carbocycles. The number of ether oxygens (including phenoxy) is 1. The number of thioether (sulfide) groups is 1. The lowest BCUT2D eigenvalue weighted by Crippen LogP contribution is -2.58. The largest absolute Gasteiger partial charge is 0.497 e. The Morgan fingerprint density at radius 1 is 1.18 bits per heavy atom. The maximum Gasteiger partial charge on any atom is 0.323 e. The Hall–Kier alpha value is -2.03. The molecule has 1 aliphatic rings. The van der Waals surface area contributed by atoms with E-state index in [1.54, 1.807) is 33.1 Å². The third-order valence-electron chi connectivity index (χ3n) is 4.83. The smallest absolute Gasteiger partial charge is 0.323 e. The van der Waals surface area contributed by atoms with Crippen LogP contribution in [-0.2, 0) is 14.8 Å². The van der Waals surface area contributed by atoms with Crippen LogP contribution in [0.15, 0.2) is 53.4 Å². The van der Waals surface area contributed by atoms with E-state index < -0.39 is 26.8 Å². The molecule has 0 bridgehead atoms. The van der Waals surface area contributed by atoms with E-state index in [-0.39, 0.29) is 11.4 Å². The molecule has 0 radical (unpaired) electrons. The predicted octanol–water partition coefficient (Wildman–Crippen LogP) is 3.33. The summed E-state index contributed by atoms with van der Waals surface area (Å²) in [6.45, 7) is 3.71. The van der Waals surface area contributed by atoms with Crippen LogP contribution in [0.25, 0.3) is 11.1 Å². The summed E-state index contributed by atoms with van der Waals surface area (Å²) in [5.74, 6) is 0.137. The Labute approximate surface area is 169 Å². The van der Waals surface area contributed by atoms with Gasteiger partial charge in [0.2, 0.25) is 10.0 Å². The summed E-state index contributed by atoms with van der Waals surface area (Å²) in [7, 11) is -2.34. The third-order valence-corrected chi connectivity index (χ3v) is 8.06. The van der Waals surface area contributed by atoms with Gasteiger partial charge in [-0.05, 0) is 49.2 Å². The van der Waals surface area contributed by atoms with Gasteiger partial charge in [0.25, 0.3) is 0 Å². The van der Waals surface area contributed by atoms with Crippen molar-refractivity contribution >= 4 is 27.8 Å². The number of hydrogen-bond donors (Lipinski definition) is 1. The average Bonchev–Trinajstić information content (AvgIpc) is 2.67. The molecule has 2 aromatic rings. The van der Waals surface area contributed by atoms with Gasteiger partial charge < -0.3 is 9.84 Å². The van der Waals surface area contributed by atoms with Crippen molar-refractivity contribution in [1.82, 2.24) is 4.31 Å². The highest BCUT2D eigenvalue weighted by Gasteiger charge is 2.48. The molecule has 1 aliphatic heterocycles. The quantitative estimate of drug-likeness (QED) is 0.797. The summed E-state index contributed by atoms with van der Waals surface area (Å²) in [5.41, 5.74) is 1.75. The van der Waals surface area contributed by atoms with E-state index in [9.17, 15) is 18.3 Å². The number of benzene rings is 2. The molecule has 28 heavy (non-hydrogen) atoms. The van der Waals surface area contributed by atoms with Crippen LogP contribution in [0, 0.1) is 0 Å². The number of hydrogen-bond acceptors (Lipinski definition) is 5. The van der Waals surface area contributed by atoms with Gasteiger partial charge >= 0.3 is 5.97 Å². The summed E-state index contributed by atoms with van der Waals surface area (Å²) >= 11 is 1.48. The fourth-order valence-electron chi connectivity index (χ4n) is 3.39. The molecule has 2 aromatic carbocycles. The number of nitrogens with zero attached hydrogens (tertiary/aromatic N) is 1. The van der Waals surface area contributed by atoms with Crippen LogP contribution in [0.2, 0.25) is 0 Å². The number of carboxylic acid groups (broad SMARTS) is 1. The maximum atomic E-state index is 13.2. The summed E-state index contributed by atoms with van der Waals surface area (Å²) in [6, 6.07) is 12.9. The molecule has 0 amide bonds. The summed E-state index contributed by atoms with van der Waals surface area (Å²) in [5, 5.41) is 9.67. The number of methoxy groups -OCH3 is 1. The lowest BCUT2D eigenvalue weighted by molar-refractivity contribution is -0.142. The van der Waals surface area contributed by atoms with Gasteiger partial charge in [-0.25, -0.2) is 8.42 Å². The van der Waals surface area contributed by atoms with Gasteiger partial charge in [0.05, 0.1) is 12.0 Å². The van der Waals surface area contributed by atoms with Gasteiger partial charge in [-0.15, -0.1) is 0 Å². The number of carboxylic acids is 1. The minimum Gasteiger partial charge on any atom is -0.497 e. The number of carbonyl (C=O) groups is 1. The topological polar surface area (TPSA) is 83.9 Å². The van der Waals surface area contributed by atoms with E-state index in [0.29, 0.717) is 11.5 Å². The van der Waals surface area contributed by atoms with Gasteiger partial charge in [-0.3, -0.25) is 4.79 Å². The zero-order valence-electron chi connectivity index (χ0n) is 16.0. The second-order valence-electron chi connectivity index (χ2n) is 7.06. The first-order chi connectivity index (χ1) is 13.2. The first kappa shape index (κ1) is 20.7. The second-order valence-corrected chi connectivity index (χ2v) is 10.7. The van der Waals surface area contributed by atoms with Gasteiger partial charge in [-0.2, -0.15) is 16.1 Å². The van der Waals surface area contributed by atoms with Crippen molar-refractivity contribution in [3.63, 3.8) is 0 Å². The molecule has 0 spiro atoms. The summed E-state index contributed by atoms with van der Waals surface area (Å²) < 4.78 is 32.0. The fourth-order valence-corrected chi connectivity index (χ4v) is 6.49. The molecule has 0 aromatic heterocycles. The second kappa shape index (κ2) is 7.77. The monoisotopic (exact) mass is 421 g/mol. The van der Waals surface area contributed by atoms with Crippen LogP contribution in [0.3, 0.4) is 0 Å². The molecule has 6 nitrogen and oxygen atoms in total. The highest BCUT2D eigenvalue weighted by Crippen LogP contribution is 2.38. The van der Waals surface area contributed by atoms with Gasteiger partial charge in [-0.1, -0.05) is 24.3 Å². The molecule has 3 rings (SSSR count). The van der Waals surface area contributed by atoms with Crippen molar-refractivity contribution in [2.24, 2.45) is 0 Å². The van der Waals surface area contributed by atoms with E-state index in [1.807, 2.05) is 24.3 Å².